The summed E-state index contributed by atoms with van der Waals surface area (Å²) in [5.74, 6) is 0. The monoisotopic (exact) mass is 257 g/mol. The minimum absolute atomic E-state index is 0.276. The van der Waals surface area contributed by atoms with Crippen LogP contribution in [0.4, 0.5) is 0 Å². The lowest BCUT2D eigenvalue weighted by Crippen LogP contribution is -2.29. The molecule has 0 rings (SSSR count). The van der Waals surface area contributed by atoms with Crippen molar-refractivity contribution < 1.29 is 5.11 Å². The van der Waals surface area contributed by atoms with Gasteiger partial charge in [0.25, 0.3) is 0 Å². The number of rotatable bonds is 14. The van der Waals surface area contributed by atoms with Crippen LogP contribution in [0, 0.1) is 0 Å². The lowest BCUT2D eigenvalue weighted by atomic mass is 10.1. The van der Waals surface area contributed by atoms with E-state index in [0.717, 1.165) is 19.4 Å². The fourth-order valence-electron chi connectivity index (χ4n) is 2.22. The van der Waals surface area contributed by atoms with E-state index >= 15 is 0 Å². The van der Waals surface area contributed by atoms with Crippen LogP contribution in [0.1, 0.15) is 90.9 Å². The van der Waals surface area contributed by atoms with Crippen molar-refractivity contribution in [3.8, 4) is 0 Å². The van der Waals surface area contributed by atoms with Crippen molar-refractivity contribution in [3.63, 3.8) is 0 Å². The van der Waals surface area contributed by atoms with Gasteiger partial charge < -0.3 is 5.11 Å². The quantitative estimate of drug-likeness (QED) is 0.352. The summed E-state index contributed by atoms with van der Waals surface area (Å²) in [6.45, 7) is 5.46. The van der Waals surface area contributed by atoms with E-state index in [9.17, 15) is 5.11 Å². The van der Waals surface area contributed by atoms with Gasteiger partial charge in [-0.1, -0.05) is 71.6 Å². The van der Waals surface area contributed by atoms with Crippen LogP contribution in [0.3, 0.4) is 0 Å². The summed E-state index contributed by atoms with van der Waals surface area (Å²) in [5.41, 5.74) is 0. The smallest absolute Gasteiger partial charge is 0.104 e. The van der Waals surface area contributed by atoms with Crippen LogP contribution in [-0.4, -0.2) is 17.9 Å². The Morgan fingerprint density at radius 2 is 1.22 bits per heavy atom. The van der Waals surface area contributed by atoms with E-state index in [1.807, 2.05) is 0 Å². The summed E-state index contributed by atoms with van der Waals surface area (Å²) in [6.07, 6.45) is 14.9. The van der Waals surface area contributed by atoms with Crippen LogP contribution >= 0.6 is 0 Å². The van der Waals surface area contributed by atoms with Crippen LogP contribution in [0.2, 0.25) is 0 Å². The highest BCUT2D eigenvalue weighted by atomic mass is 16.3. The number of unbranched alkanes of at least 4 members (excludes halogenated alkanes) is 9. The Morgan fingerprint density at radius 1 is 0.722 bits per heavy atom. The van der Waals surface area contributed by atoms with Crippen LogP contribution in [0.15, 0.2) is 0 Å². The maximum Gasteiger partial charge on any atom is 0.104 e. The molecule has 0 aromatic heterocycles. The predicted octanol–water partition coefficient (Wildman–Crippen LogP) is 4.62. The third-order valence-electron chi connectivity index (χ3n) is 3.49. The van der Waals surface area contributed by atoms with E-state index in [1.165, 1.54) is 64.2 Å². The van der Waals surface area contributed by atoms with Crippen LogP contribution < -0.4 is 5.32 Å². The van der Waals surface area contributed by atoms with Gasteiger partial charge in [-0.05, 0) is 25.8 Å². The van der Waals surface area contributed by atoms with Gasteiger partial charge in [-0.2, -0.15) is 0 Å². The van der Waals surface area contributed by atoms with Gasteiger partial charge in [0.1, 0.15) is 6.23 Å². The fraction of sp³-hybridized carbons (Fsp3) is 1.00. The Labute approximate surface area is 115 Å². The Kier molecular flexibility index (Phi) is 14.9. The van der Waals surface area contributed by atoms with Gasteiger partial charge in [-0.15, -0.1) is 0 Å². The fourth-order valence-corrected chi connectivity index (χ4v) is 2.22. The molecule has 18 heavy (non-hydrogen) atoms. The SMILES string of the molecule is CCCCCCCCC(O)NCCCCCCC. The highest BCUT2D eigenvalue weighted by Gasteiger charge is 2.01. The van der Waals surface area contributed by atoms with Crippen molar-refractivity contribution in [2.45, 2.75) is 97.1 Å². The summed E-state index contributed by atoms with van der Waals surface area (Å²) in [6, 6.07) is 0. The standard InChI is InChI=1S/C16H35NO/c1-3-5-7-9-10-12-14-16(18)17-15-13-11-8-6-4-2/h16-18H,3-15H2,1-2H3. The second-order valence-electron chi connectivity index (χ2n) is 5.44. The molecule has 0 fully saturated rings. The Balaban J connectivity index is 3.10. The van der Waals surface area contributed by atoms with Gasteiger partial charge >= 0.3 is 0 Å². The number of hydrogen-bond donors (Lipinski definition) is 2. The van der Waals surface area contributed by atoms with Crippen molar-refractivity contribution >= 4 is 0 Å². The van der Waals surface area contributed by atoms with Crippen LogP contribution in [0.5, 0.6) is 0 Å². The van der Waals surface area contributed by atoms with Crippen molar-refractivity contribution in [1.82, 2.24) is 5.32 Å². The first kappa shape index (κ1) is 17.9. The molecule has 0 radical (unpaired) electrons. The van der Waals surface area contributed by atoms with E-state index in [-0.39, 0.29) is 6.23 Å². The van der Waals surface area contributed by atoms with E-state index in [4.69, 9.17) is 0 Å². The highest BCUT2D eigenvalue weighted by molar-refractivity contribution is 4.55. The molecule has 0 aromatic carbocycles. The van der Waals surface area contributed by atoms with E-state index in [1.54, 1.807) is 0 Å². The molecule has 0 saturated carbocycles. The summed E-state index contributed by atoms with van der Waals surface area (Å²) in [4.78, 5) is 0. The summed E-state index contributed by atoms with van der Waals surface area (Å²) < 4.78 is 0. The van der Waals surface area contributed by atoms with Gasteiger partial charge in [0.2, 0.25) is 0 Å². The highest BCUT2D eigenvalue weighted by Crippen LogP contribution is 2.08. The number of aliphatic hydroxyl groups excluding tert-OH is 1. The lowest BCUT2D eigenvalue weighted by molar-refractivity contribution is 0.124. The molecule has 110 valence electrons. The topological polar surface area (TPSA) is 32.3 Å². The van der Waals surface area contributed by atoms with Crippen molar-refractivity contribution in [3.05, 3.63) is 0 Å². The zero-order valence-corrected chi connectivity index (χ0v) is 12.7. The average Bonchev–Trinajstić information content (AvgIpc) is 2.38. The molecule has 0 aliphatic rings. The molecular formula is C16H35NO. The minimum atomic E-state index is -0.276. The number of nitrogens with one attached hydrogen (secondary N) is 1. The summed E-state index contributed by atoms with van der Waals surface area (Å²) >= 11 is 0. The molecule has 2 N–H and O–H groups in total. The van der Waals surface area contributed by atoms with Crippen molar-refractivity contribution in [2.75, 3.05) is 6.54 Å². The average molecular weight is 257 g/mol. The Bertz CT molecular complexity index is 134. The van der Waals surface area contributed by atoms with Gasteiger partial charge in [0.05, 0.1) is 0 Å². The number of aliphatic hydroxyl groups is 1. The van der Waals surface area contributed by atoms with E-state index in [0.29, 0.717) is 0 Å². The van der Waals surface area contributed by atoms with E-state index in [2.05, 4.69) is 19.2 Å². The Morgan fingerprint density at radius 3 is 1.83 bits per heavy atom. The maximum absolute atomic E-state index is 9.74. The maximum atomic E-state index is 9.74. The third-order valence-corrected chi connectivity index (χ3v) is 3.49. The normalized spacial score (nSPS) is 12.8. The second kappa shape index (κ2) is 15.0. The molecule has 1 atom stereocenters. The molecule has 1 unspecified atom stereocenters. The third kappa shape index (κ3) is 14.0. The molecule has 2 heteroatoms. The van der Waals surface area contributed by atoms with Gasteiger partial charge in [0.15, 0.2) is 0 Å². The van der Waals surface area contributed by atoms with E-state index < -0.39 is 0 Å². The zero-order valence-electron chi connectivity index (χ0n) is 12.7. The molecule has 0 heterocycles. The molecule has 0 aromatic rings. The van der Waals surface area contributed by atoms with Crippen LogP contribution in [-0.2, 0) is 0 Å². The lowest BCUT2D eigenvalue weighted by Gasteiger charge is -2.12. The molecule has 2 nitrogen and oxygen atoms in total. The van der Waals surface area contributed by atoms with Crippen LogP contribution in [0.25, 0.3) is 0 Å². The Hall–Kier alpha value is -0.0800. The minimum Gasteiger partial charge on any atom is -0.379 e. The molecule has 0 saturated heterocycles. The molecule has 0 aliphatic heterocycles. The summed E-state index contributed by atoms with van der Waals surface area (Å²) in [7, 11) is 0. The first-order valence-corrected chi connectivity index (χ1v) is 8.22. The van der Waals surface area contributed by atoms with Crippen molar-refractivity contribution in [2.24, 2.45) is 0 Å². The largest absolute Gasteiger partial charge is 0.379 e. The number of hydrogen-bond acceptors (Lipinski definition) is 2. The molecule has 0 amide bonds. The first-order chi connectivity index (χ1) is 8.81. The van der Waals surface area contributed by atoms with Gasteiger partial charge in [0, 0.05) is 0 Å². The molecular weight excluding hydrogens is 222 g/mol. The van der Waals surface area contributed by atoms with Gasteiger partial charge in [-0.3, -0.25) is 5.32 Å². The van der Waals surface area contributed by atoms with Crippen molar-refractivity contribution in [1.29, 1.82) is 0 Å². The molecule has 0 spiro atoms. The first-order valence-electron chi connectivity index (χ1n) is 8.22. The second-order valence-corrected chi connectivity index (χ2v) is 5.44. The molecule has 0 aliphatic carbocycles. The molecule has 0 bridgehead atoms. The van der Waals surface area contributed by atoms with Gasteiger partial charge in [-0.25, -0.2) is 0 Å². The predicted molar refractivity (Wildman–Crippen MR) is 80.8 cm³/mol. The summed E-state index contributed by atoms with van der Waals surface area (Å²) in [5, 5.41) is 13.0. The zero-order chi connectivity index (χ0) is 13.5.